The van der Waals surface area contributed by atoms with Crippen LogP contribution in [-0.4, -0.2) is 16.2 Å². The number of carbonyl (C=O) groups excluding carboxylic acids is 1. The molecule has 2 heterocycles. The second-order valence-corrected chi connectivity index (χ2v) is 8.66. The number of urea groups is 1. The molecule has 0 fully saturated rings. The Balaban J connectivity index is 1.64. The van der Waals surface area contributed by atoms with Crippen molar-refractivity contribution in [1.82, 2.24) is 15.5 Å². The Morgan fingerprint density at radius 2 is 1.83 bits per heavy atom. The SMILES string of the molecule is CCc1ccc(C2NC(=O)N(c3cccc(F)c3)C(C)=C2c2nc(-c3ccc(Cl)cc3)no2)cc1. The van der Waals surface area contributed by atoms with Gasteiger partial charge in [0.05, 0.1) is 17.3 Å². The summed E-state index contributed by atoms with van der Waals surface area (Å²) in [7, 11) is 0. The van der Waals surface area contributed by atoms with Crippen LogP contribution in [0, 0.1) is 5.82 Å². The Hall–Kier alpha value is -3.97. The van der Waals surface area contributed by atoms with Gasteiger partial charge in [0.2, 0.25) is 5.82 Å². The first-order valence-corrected chi connectivity index (χ1v) is 11.6. The summed E-state index contributed by atoms with van der Waals surface area (Å²) in [6.45, 7) is 3.87. The molecule has 1 N–H and O–H groups in total. The number of halogens is 2. The van der Waals surface area contributed by atoms with Crippen molar-refractivity contribution in [3.63, 3.8) is 0 Å². The normalized spacial score (nSPS) is 15.9. The smallest absolute Gasteiger partial charge is 0.327 e. The number of hydrogen-bond donors (Lipinski definition) is 1. The number of hydrogen-bond acceptors (Lipinski definition) is 4. The van der Waals surface area contributed by atoms with Crippen LogP contribution in [-0.2, 0) is 6.42 Å². The molecule has 2 amide bonds. The molecule has 35 heavy (non-hydrogen) atoms. The minimum absolute atomic E-state index is 0.262. The number of aromatic nitrogens is 2. The highest BCUT2D eigenvalue weighted by atomic mass is 35.5. The Labute approximate surface area is 207 Å². The van der Waals surface area contributed by atoms with Gasteiger partial charge in [0.1, 0.15) is 5.82 Å². The lowest BCUT2D eigenvalue weighted by Crippen LogP contribution is -2.46. The number of benzene rings is 3. The third-order valence-electron chi connectivity index (χ3n) is 6.03. The summed E-state index contributed by atoms with van der Waals surface area (Å²) in [5, 5.41) is 7.80. The number of rotatable bonds is 5. The highest BCUT2D eigenvalue weighted by molar-refractivity contribution is 6.30. The van der Waals surface area contributed by atoms with Crippen LogP contribution in [0.25, 0.3) is 17.0 Å². The molecule has 0 bridgehead atoms. The average Bonchev–Trinajstić information content (AvgIpc) is 3.34. The summed E-state index contributed by atoms with van der Waals surface area (Å²) in [4.78, 5) is 19.3. The molecule has 0 saturated carbocycles. The molecule has 4 aromatic rings. The van der Waals surface area contributed by atoms with Gasteiger partial charge < -0.3 is 9.84 Å². The summed E-state index contributed by atoms with van der Waals surface area (Å²) in [5.74, 6) is 0.217. The summed E-state index contributed by atoms with van der Waals surface area (Å²) in [6, 6.07) is 20.1. The molecule has 8 heteroatoms. The second-order valence-electron chi connectivity index (χ2n) is 8.22. The van der Waals surface area contributed by atoms with E-state index in [0.717, 1.165) is 17.5 Å². The lowest BCUT2D eigenvalue weighted by atomic mass is 9.93. The van der Waals surface area contributed by atoms with Gasteiger partial charge in [0.25, 0.3) is 5.89 Å². The fourth-order valence-corrected chi connectivity index (χ4v) is 4.32. The van der Waals surface area contributed by atoms with Gasteiger partial charge in [0, 0.05) is 16.3 Å². The van der Waals surface area contributed by atoms with Crippen molar-refractivity contribution in [2.45, 2.75) is 26.3 Å². The van der Waals surface area contributed by atoms with Crippen molar-refractivity contribution in [1.29, 1.82) is 0 Å². The highest BCUT2D eigenvalue weighted by Crippen LogP contribution is 2.39. The van der Waals surface area contributed by atoms with Crippen LogP contribution in [0.4, 0.5) is 14.9 Å². The van der Waals surface area contributed by atoms with Gasteiger partial charge in [-0.25, -0.2) is 9.18 Å². The molecule has 5 rings (SSSR count). The molecule has 0 spiro atoms. The fraction of sp³-hybridized carbons (Fsp3) is 0.148. The summed E-state index contributed by atoms with van der Waals surface area (Å²) < 4.78 is 19.7. The van der Waals surface area contributed by atoms with Gasteiger partial charge in [-0.3, -0.25) is 4.90 Å². The summed E-state index contributed by atoms with van der Waals surface area (Å²) in [5.41, 5.74) is 4.39. The number of nitrogens with one attached hydrogen (secondary N) is 1. The first-order chi connectivity index (χ1) is 16.9. The molecule has 1 aromatic heterocycles. The van der Waals surface area contributed by atoms with E-state index in [1.807, 2.05) is 24.3 Å². The van der Waals surface area contributed by atoms with E-state index in [9.17, 15) is 9.18 Å². The molecular formula is C27H22ClFN4O2. The molecule has 1 aliphatic heterocycles. The third-order valence-corrected chi connectivity index (χ3v) is 6.28. The standard InChI is InChI=1S/C27H22ClFN4O2/c1-3-17-7-9-18(10-8-17)24-23(26-31-25(32-35-26)19-11-13-20(28)14-12-19)16(2)33(27(34)30-24)22-6-4-5-21(29)15-22/h4-15,24H,3H2,1-2H3,(H,30,34). The van der Waals surface area contributed by atoms with Gasteiger partial charge in [-0.1, -0.05) is 54.0 Å². The monoisotopic (exact) mass is 488 g/mol. The Morgan fingerprint density at radius 1 is 1.09 bits per heavy atom. The lowest BCUT2D eigenvalue weighted by Gasteiger charge is -2.35. The quantitative estimate of drug-likeness (QED) is 0.335. The zero-order valence-electron chi connectivity index (χ0n) is 19.1. The van der Waals surface area contributed by atoms with Crippen molar-refractivity contribution < 1.29 is 13.7 Å². The number of allylic oxidation sites excluding steroid dienone is 1. The first-order valence-electron chi connectivity index (χ1n) is 11.2. The van der Waals surface area contributed by atoms with E-state index in [4.69, 9.17) is 16.1 Å². The third kappa shape index (κ3) is 4.42. The molecule has 1 unspecified atom stereocenters. The topological polar surface area (TPSA) is 71.3 Å². The number of aryl methyl sites for hydroxylation is 1. The van der Waals surface area contributed by atoms with Crippen LogP contribution >= 0.6 is 11.6 Å². The van der Waals surface area contributed by atoms with Crippen LogP contribution in [0.3, 0.4) is 0 Å². The number of amides is 2. The van der Waals surface area contributed by atoms with Crippen molar-refractivity contribution in [3.8, 4) is 11.4 Å². The van der Waals surface area contributed by atoms with Gasteiger partial charge in [-0.15, -0.1) is 0 Å². The number of carbonyl (C=O) groups is 1. The van der Waals surface area contributed by atoms with Crippen molar-refractivity contribution in [3.05, 3.63) is 106 Å². The average molecular weight is 489 g/mol. The van der Waals surface area contributed by atoms with E-state index in [-0.39, 0.29) is 11.9 Å². The Kier molecular flexibility index (Phi) is 6.09. The first kappa shape index (κ1) is 22.8. The highest BCUT2D eigenvalue weighted by Gasteiger charge is 2.36. The predicted octanol–water partition coefficient (Wildman–Crippen LogP) is 6.79. The zero-order valence-corrected chi connectivity index (χ0v) is 19.9. The Morgan fingerprint density at radius 3 is 2.51 bits per heavy atom. The predicted molar refractivity (Wildman–Crippen MR) is 133 cm³/mol. The lowest BCUT2D eigenvalue weighted by molar-refractivity contribution is 0.244. The van der Waals surface area contributed by atoms with Crippen LogP contribution < -0.4 is 10.2 Å². The van der Waals surface area contributed by atoms with E-state index < -0.39 is 11.9 Å². The summed E-state index contributed by atoms with van der Waals surface area (Å²) in [6.07, 6.45) is 0.903. The van der Waals surface area contributed by atoms with Crippen LogP contribution in [0.1, 0.15) is 36.9 Å². The Bertz CT molecular complexity index is 1410. The van der Waals surface area contributed by atoms with Crippen molar-refractivity contribution >= 4 is 28.9 Å². The van der Waals surface area contributed by atoms with Gasteiger partial charge in [0.15, 0.2) is 0 Å². The van der Waals surface area contributed by atoms with Crippen molar-refractivity contribution in [2.24, 2.45) is 0 Å². The molecule has 3 aromatic carbocycles. The fourth-order valence-electron chi connectivity index (χ4n) is 4.19. The van der Waals surface area contributed by atoms with E-state index >= 15 is 0 Å². The maximum absolute atomic E-state index is 14.0. The van der Waals surface area contributed by atoms with Gasteiger partial charge >= 0.3 is 6.03 Å². The molecule has 176 valence electrons. The molecule has 0 aliphatic carbocycles. The van der Waals surface area contributed by atoms with E-state index in [0.29, 0.717) is 27.8 Å². The van der Waals surface area contributed by atoms with Crippen LogP contribution in [0.2, 0.25) is 5.02 Å². The maximum atomic E-state index is 14.0. The summed E-state index contributed by atoms with van der Waals surface area (Å²) >= 11 is 6.01. The molecule has 0 saturated heterocycles. The van der Waals surface area contributed by atoms with E-state index in [1.165, 1.54) is 22.6 Å². The van der Waals surface area contributed by atoms with Gasteiger partial charge in [-0.05, 0) is 66.9 Å². The molecule has 1 aliphatic rings. The number of nitrogens with zero attached hydrogens (tertiary/aromatic N) is 3. The molecule has 0 radical (unpaired) electrons. The minimum atomic E-state index is -0.531. The molecule has 1 atom stereocenters. The zero-order chi connectivity index (χ0) is 24.5. The molecular weight excluding hydrogens is 467 g/mol. The minimum Gasteiger partial charge on any atom is -0.334 e. The molecule has 6 nitrogen and oxygen atoms in total. The maximum Gasteiger partial charge on any atom is 0.327 e. The van der Waals surface area contributed by atoms with Crippen LogP contribution in [0.5, 0.6) is 0 Å². The van der Waals surface area contributed by atoms with Gasteiger partial charge in [-0.2, -0.15) is 4.98 Å². The largest absolute Gasteiger partial charge is 0.334 e. The van der Waals surface area contributed by atoms with E-state index in [1.54, 1.807) is 43.3 Å². The van der Waals surface area contributed by atoms with Crippen LogP contribution in [0.15, 0.2) is 83.0 Å². The van der Waals surface area contributed by atoms with E-state index in [2.05, 4.69) is 22.4 Å². The number of anilines is 1. The van der Waals surface area contributed by atoms with Crippen molar-refractivity contribution in [2.75, 3.05) is 4.90 Å². The second kappa shape index (κ2) is 9.35.